The van der Waals surface area contributed by atoms with Crippen molar-refractivity contribution in [2.24, 2.45) is 0 Å². The lowest BCUT2D eigenvalue weighted by Crippen LogP contribution is -2.70. The molecule has 0 bridgehead atoms. The van der Waals surface area contributed by atoms with Gasteiger partial charge in [0.05, 0.1) is 38.6 Å². The zero-order chi connectivity index (χ0) is 52.5. The van der Waals surface area contributed by atoms with Crippen LogP contribution in [-0.2, 0) is 61.7 Å². The summed E-state index contributed by atoms with van der Waals surface area (Å²) in [5, 5.41) is 178. The van der Waals surface area contributed by atoms with Crippen molar-refractivity contribution >= 4 is 11.8 Å². The van der Waals surface area contributed by atoms with E-state index in [0.29, 0.717) is 0 Å². The topological polar surface area (TPSA) is 483 Å². The average molecular weight is 1040 g/mol. The van der Waals surface area contributed by atoms with Crippen LogP contribution in [0.4, 0.5) is 0 Å². The standard InChI is InChI=1S/C40H68N2O29/c1-9-19(48)26(55)29(58)37(62-9)70-33-28(57)22(51)14(6-44)66-39(33)69-32-23(52)15(7-45)67-40(34(32)71-38-30(59)27(56)20(49)10(2)63-38)68-31-18(42-12(4)47)35(60)64-16(24(31)53)8-61-36-17(41-11(3)46)25(54)21(50)13(5-43)65-36/h9-10,13-40,43-45,48-60H,5-8H2,1-4H3,(H,41,46)(H,42,47)/t9-,10-,13+,14+,15+,16+,17+,18+,19+,20+,21+,22-,23-,24-,25+,26+,27+,28-,29-,30-,31+,32-,33+,34+,35?,36+,37-,38-,39-,40-/m0/s1. The number of aliphatic hydroxyl groups excluding tert-OH is 16. The third kappa shape index (κ3) is 12.6. The highest BCUT2D eigenvalue weighted by atomic mass is 16.8. The van der Waals surface area contributed by atoms with E-state index < -0.39 is 222 Å². The van der Waals surface area contributed by atoms with Crippen LogP contribution in [0.1, 0.15) is 27.7 Å². The van der Waals surface area contributed by atoms with Gasteiger partial charge in [-0.1, -0.05) is 0 Å². The van der Waals surface area contributed by atoms with Gasteiger partial charge in [-0.3, -0.25) is 9.59 Å². The highest BCUT2D eigenvalue weighted by molar-refractivity contribution is 5.73. The largest absolute Gasteiger partial charge is 0.394 e. The summed E-state index contributed by atoms with van der Waals surface area (Å²) in [6, 6.07) is -3.22. The van der Waals surface area contributed by atoms with Crippen LogP contribution in [0.2, 0.25) is 0 Å². The van der Waals surface area contributed by atoms with Crippen LogP contribution in [-0.4, -0.2) is 304 Å². The Morgan fingerprint density at radius 2 is 0.803 bits per heavy atom. The van der Waals surface area contributed by atoms with Gasteiger partial charge in [-0.05, 0) is 13.8 Å². The van der Waals surface area contributed by atoms with Crippen LogP contribution in [0.25, 0.3) is 0 Å². The van der Waals surface area contributed by atoms with Gasteiger partial charge in [-0.2, -0.15) is 0 Å². The minimum atomic E-state index is -2.15. The first-order valence-corrected chi connectivity index (χ1v) is 22.8. The third-order valence-electron chi connectivity index (χ3n) is 13.1. The van der Waals surface area contributed by atoms with Crippen molar-refractivity contribution in [2.45, 2.75) is 212 Å². The van der Waals surface area contributed by atoms with Gasteiger partial charge in [0.1, 0.15) is 134 Å². The summed E-state index contributed by atoms with van der Waals surface area (Å²) in [5.74, 6) is -1.52. The van der Waals surface area contributed by atoms with Gasteiger partial charge in [0.2, 0.25) is 11.8 Å². The molecule has 0 spiro atoms. The van der Waals surface area contributed by atoms with Crippen molar-refractivity contribution in [3.8, 4) is 0 Å². The van der Waals surface area contributed by atoms with E-state index in [9.17, 15) is 91.3 Å². The number of carbonyl (C=O) groups excluding carboxylic acids is 2. The van der Waals surface area contributed by atoms with Crippen LogP contribution in [0.5, 0.6) is 0 Å². The molecule has 31 nitrogen and oxygen atoms in total. The molecule has 6 aliphatic heterocycles. The van der Waals surface area contributed by atoms with Crippen molar-refractivity contribution < 1.29 is 143 Å². The SMILES string of the molecule is CC(=O)N[C@H]1[C@H](OC[C@H]2OC(O)[C@H](NC(C)=O)[C@@H](O[C@@H]3O[C@H](CO)[C@H](O)[C@H](O[C@@H]4O[C@H](CO)[C@H](O)[C@H](O)[C@H]4O[C@@H]4O[C@@H](C)[C@@H](O)[C@@H](O)[C@@H]4O)[C@H]3O[C@@H]3O[C@@H](C)[C@@H](O)[C@@H](O)[C@@H]3O)[C@H]2O)O[C@H](CO)[C@@H](O)[C@@H]1O. The van der Waals surface area contributed by atoms with Crippen molar-refractivity contribution in [3.05, 3.63) is 0 Å². The Morgan fingerprint density at radius 1 is 0.394 bits per heavy atom. The molecule has 0 saturated carbocycles. The number of ether oxygens (including phenoxy) is 11. The van der Waals surface area contributed by atoms with Gasteiger partial charge in [0, 0.05) is 13.8 Å². The highest BCUT2D eigenvalue weighted by Gasteiger charge is 2.58. The summed E-state index contributed by atoms with van der Waals surface area (Å²) >= 11 is 0. The lowest BCUT2D eigenvalue weighted by atomic mass is 9.94. The Hall–Kier alpha value is -2.14. The summed E-state index contributed by atoms with van der Waals surface area (Å²) in [5.41, 5.74) is 0. The molecule has 31 heteroatoms. The maximum Gasteiger partial charge on any atom is 0.217 e. The molecule has 1 unspecified atom stereocenters. The fourth-order valence-electron chi connectivity index (χ4n) is 9.06. The number of nitrogens with one attached hydrogen (secondary N) is 2. The van der Waals surface area contributed by atoms with Gasteiger partial charge in [-0.25, -0.2) is 0 Å². The van der Waals surface area contributed by atoms with Crippen molar-refractivity contribution in [2.75, 3.05) is 26.4 Å². The summed E-state index contributed by atoms with van der Waals surface area (Å²) in [4.78, 5) is 24.6. The number of aliphatic hydroxyl groups is 16. The van der Waals surface area contributed by atoms with Crippen molar-refractivity contribution in [1.29, 1.82) is 0 Å². The molecule has 0 aromatic rings. The minimum absolute atomic E-state index is 0.701. The Bertz CT molecular complexity index is 1710. The fourth-order valence-corrected chi connectivity index (χ4v) is 9.06. The van der Waals surface area contributed by atoms with E-state index in [-0.39, 0.29) is 0 Å². The molecule has 71 heavy (non-hydrogen) atoms. The lowest BCUT2D eigenvalue weighted by molar-refractivity contribution is -0.410. The Kier molecular flexibility index (Phi) is 20.2. The number of amides is 2. The molecule has 0 aromatic heterocycles. The van der Waals surface area contributed by atoms with Gasteiger partial charge in [-0.15, -0.1) is 0 Å². The van der Waals surface area contributed by atoms with Crippen LogP contribution in [0, 0.1) is 0 Å². The molecular formula is C40H68N2O29. The number of carbonyl (C=O) groups is 2. The molecule has 0 aliphatic carbocycles. The van der Waals surface area contributed by atoms with Crippen molar-refractivity contribution in [1.82, 2.24) is 10.6 Å². The number of hydrogen-bond acceptors (Lipinski definition) is 29. The summed E-state index contributed by atoms with van der Waals surface area (Å²) in [6.45, 7) is 1.03. The maximum absolute atomic E-state index is 12.6. The molecule has 0 aromatic carbocycles. The van der Waals surface area contributed by atoms with E-state index in [1.54, 1.807) is 0 Å². The Balaban J connectivity index is 1.36. The molecule has 6 rings (SSSR count). The molecule has 30 atom stereocenters. The second-order valence-corrected chi connectivity index (χ2v) is 18.2. The van der Waals surface area contributed by atoms with Gasteiger partial charge < -0.3 is 144 Å². The zero-order valence-corrected chi connectivity index (χ0v) is 38.6. The quantitative estimate of drug-likeness (QED) is 0.0682. The van der Waals surface area contributed by atoms with Gasteiger partial charge in [0.15, 0.2) is 37.7 Å². The summed E-state index contributed by atoms with van der Waals surface area (Å²) in [6.07, 6.45) is -52.0. The molecule has 18 N–H and O–H groups in total. The second kappa shape index (κ2) is 24.7. The highest BCUT2D eigenvalue weighted by Crippen LogP contribution is 2.38. The molecule has 6 saturated heterocycles. The Labute approximate surface area is 403 Å². The first-order valence-electron chi connectivity index (χ1n) is 22.8. The predicted molar refractivity (Wildman–Crippen MR) is 220 cm³/mol. The van der Waals surface area contributed by atoms with Crippen LogP contribution in [0.15, 0.2) is 0 Å². The van der Waals surface area contributed by atoms with E-state index >= 15 is 0 Å². The first-order chi connectivity index (χ1) is 33.4. The van der Waals surface area contributed by atoms with E-state index in [4.69, 9.17) is 52.1 Å². The third-order valence-corrected chi connectivity index (χ3v) is 13.1. The first kappa shape index (κ1) is 58.1. The van der Waals surface area contributed by atoms with Crippen LogP contribution < -0.4 is 10.6 Å². The average Bonchev–Trinajstić information content (AvgIpc) is 3.32. The fraction of sp³-hybridized carbons (Fsp3) is 0.950. The normalized spacial score (nSPS) is 50.8. The zero-order valence-electron chi connectivity index (χ0n) is 38.6. The Morgan fingerprint density at radius 3 is 1.31 bits per heavy atom. The van der Waals surface area contributed by atoms with E-state index in [0.717, 1.165) is 13.8 Å². The summed E-state index contributed by atoms with van der Waals surface area (Å²) in [7, 11) is 0. The molecule has 2 amide bonds. The summed E-state index contributed by atoms with van der Waals surface area (Å²) < 4.78 is 64.3. The number of hydrogen-bond donors (Lipinski definition) is 18. The molecule has 6 heterocycles. The molecule has 6 fully saturated rings. The maximum atomic E-state index is 12.6. The van der Waals surface area contributed by atoms with Crippen molar-refractivity contribution in [3.63, 3.8) is 0 Å². The van der Waals surface area contributed by atoms with Crippen LogP contribution in [0.3, 0.4) is 0 Å². The molecular weight excluding hydrogens is 972 g/mol. The van der Waals surface area contributed by atoms with Gasteiger partial charge in [0.25, 0.3) is 0 Å². The molecule has 6 aliphatic rings. The van der Waals surface area contributed by atoms with Crippen LogP contribution >= 0.6 is 0 Å². The monoisotopic (exact) mass is 1040 g/mol. The van der Waals surface area contributed by atoms with E-state index in [1.807, 2.05) is 0 Å². The minimum Gasteiger partial charge on any atom is -0.394 e. The van der Waals surface area contributed by atoms with E-state index in [1.165, 1.54) is 13.8 Å². The molecule has 0 radical (unpaired) electrons. The van der Waals surface area contributed by atoms with E-state index in [2.05, 4.69) is 10.6 Å². The molecule has 412 valence electrons. The lowest BCUT2D eigenvalue weighted by Gasteiger charge is -2.51. The predicted octanol–water partition coefficient (Wildman–Crippen LogP) is -11.8. The second-order valence-electron chi connectivity index (χ2n) is 18.2. The smallest absolute Gasteiger partial charge is 0.217 e. The number of rotatable bonds is 16. The van der Waals surface area contributed by atoms with Gasteiger partial charge >= 0.3 is 0 Å².